The lowest BCUT2D eigenvalue weighted by atomic mass is 9.81. The summed E-state index contributed by atoms with van der Waals surface area (Å²) < 4.78 is 66.2. The molecule has 2 amide bonds. The molecule has 3 heterocycles. The number of nitrogens with zero attached hydrogens (tertiary/aromatic N) is 2. The number of rotatable bonds is 9. The average molecular weight is 659 g/mol. The van der Waals surface area contributed by atoms with Crippen molar-refractivity contribution in [3.8, 4) is 22.8 Å². The first-order valence-corrected chi connectivity index (χ1v) is 14.6. The number of nitrogens with two attached hydrogens (primary N) is 1. The summed E-state index contributed by atoms with van der Waals surface area (Å²) >= 11 is 5.86. The standard InChI is InChI=1S/C32H27ClF4N4O5/c1-14-7-15-8-16(9-21(46-30(36)37)25(15)39-11-14)28(42)40-12-32(44,17-3-4-17)22-10-19-27(45-13-31(19,2)29(38)43)26(41-22)18-5-6-20(34)23(33)24(18)35/h5-11,17,30,44H,3-4,12-13H2,1-2H3,(H2,38,43)(H,40,42)/t31-,32?/m0/s1. The molecule has 4 aromatic rings. The van der Waals surface area contributed by atoms with E-state index < -0.39 is 58.6 Å². The summed E-state index contributed by atoms with van der Waals surface area (Å²) in [5.74, 6) is -4.29. The lowest BCUT2D eigenvalue weighted by molar-refractivity contribution is -0.123. The number of hydrogen-bond acceptors (Lipinski definition) is 7. The van der Waals surface area contributed by atoms with Crippen LogP contribution in [0.4, 0.5) is 17.6 Å². The minimum atomic E-state index is -3.17. The van der Waals surface area contributed by atoms with Gasteiger partial charge in [-0.1, -0.05) is 11.6 Å². The zero-order valence-electron chi connectivity index (χ0n) is 24.5. The van der Waals surface area contributed by atoms with E-state index in [1.807, 2.05) is 0 Å². The van der Waals surface area contributed by atoms with Gasteiger partial charge in [0.25, 0.3) is 5.91 Å². The van der Waals surface area contributed by atoms with E-state index in [9.17, 15) is 27.9 Å². The van der Waals surface area contributed by atoms with Gasteiger partial charge in [-0.25, -0.2) is 13.8 Å². The summed E-state index contributed by atoms with van der Waals surface area (Å²) in [4.78, 5) is 34.7. The monoisotopic (exact) mass is 658 g/mol. The molecule has 240 valence electrons. The lowest BCUT2D eigenvalue weighted by Gasteiger charge is -2.30. The number of carbonyl (C=O) groups excluding carboxylic acids is 2. The van der Waals surface area contributed by atoms with Crippen molar-refractivity contribution in [3.63, 3.8) is 0 Å². The van der Waals surface area contributed by atoms with Crippen LogP contribution in [0, 0.1) is 24.5 Å². The highest BCUT2D eigenvalue weighted by Crippen LogP contribution is 2.50. The Hall–Kier alpha value is -4.49. The normalized spacial score (nSPS) is 18.6. The lowest BCUT2D eigenvalue weighted by Crippen LogP contribution is -2.44. The molecule has 1 aliphatic heterocycles. The number of halogens is 5. The van der Waals surface area contributed by atoms with E-state index in [1.54, 1.807) is 13.0 Å². The summed E-state index contributed by atoms with van der Waals surface area (Å²) in [5, 5.41) is 14.4. The Bertz CT molecular complexity index is 1920. The van der Waals surface area contributed by atoms with Crippen LogP contribution in [0.15, 0.2) is 42.6 Å². The first-order chi connectivity index (χ1) is 21.7. The fraction of sp³-hybridized carbons (Fsp3) is 0.312. The molecule has 0 bridgehead atoms. The van der Waals surface area contributed by atoms with E-state index in [1.165, 1.54) is 25.3 Å². The molecule has 2 aliphatic rings. The zero-order chi connectivity index (χ0) is 33.1. The van der Waals surface area contributed by atoms with Crippen LogP contribution in [0.3, 0.4) is 0 Å². The number of nitrogens with one attached hydrogen (secondary N) is 1. The van der Waals surface area contributed by atoms with Crippen LogP contribution in [0.25, 0.3) is 22.2 Å². The number of benzene rings is 2. The van der Waals surface area contributed by atoms with Crippen molar-refractivity contribution in [3.05, 3.63) is 81.6 Å². The highest BCUT2D eigenvalue weighted by Gasteiger charge is 2.50. The van der Waals surface area contributed by atoms with Gasteiger partial charge in [0.1, 0.15) is 45.4 Å². The number of aliphatic hydroxyl groups is 1. The van der Waals surface area contributed by atoms with E-state index in [2.05, 4.69) is 20.0 Å². The van der Waals surface area contributed by atoms with Crippen molar-refractivity contribution in [1.29, 1.82) is 0 Å². The topological polar surface area (TPSA) is 137 Å². The van der Waals surface area contributed by atoms with Crippen LogP contribution in [0.1, 0.15) is 46.9 Å². The maximum absolute atomic E-state index is 15.3. The fourth-order valence-corrected chi connectivity index (χ4v) is 5.83. The molecule has 2 aromatic carbocycles. The van der Waals surface area contributed by atoms with Crippen LogP contribution in [-0.2, 0) is 15.8 Å². The fourth-order valence-electron chi connectivity index (χ4n) is 5.67. The molecule has 6 rings (SSSR count). The number of ether oxygens (including phenoxy) is 2. The van der Waals surface area contributed by atoms with Gasteiger partial charge in [0.2, 0.25) is 5.91 Å². The third-order valence-electron chi connectivity index (χ3n) is 8.48. The average Bonchev–Trinajstić information content (AvgIpc) is 3.81. The van der Waals surface area contributed by atoms with Gasteiger partial charge in [-0.2, -0.15) is 8.78 Å². The van der Waals surface area contributed by atoms with Gasteiger partial charge in [-0.05, 0) is 74.6 Å². The van der Waals surface area contributed by atoms with Gasteiger partial charge in [0.15, 0.2) is 11.6 Å². The highest BCUT2D eigenvalue weighted by atomic mass is 35.5. The smallest absolute Gasteiger partial charge is 0.387 e. The SMILES string of the molecule is Cc1cnc2c(OC(F)F)cc(C(=O)NCC(O)(c3cc4c(c(-c5ccc(F)c(Cl)c5F)n3)OC[C@]4(C)C(N)=O)C3CC3)cc2c1. The summed E-state index contributed by atoms with van der Waals surface area (Å²) in [6.45, 7) is -0.501. The predicted octanol–water partition coefficient (Wildman–Crippen LogP) is 5.30. The molecule has 1 aliphatic carbocycles. The second kappa shape index (κ2) is 11.4. The van der Waals surface area contributed by atoms with Gasteiger partial charge >= 0.3 is 6.61 Å². The van der Waals surface area contributed by atoms with Crippen molar-refractivity contribution >= 4 is 34.3 Å². The van der Waals surface area contributed by atoms with Crippen LogP contribution < -0.4 is 20.5 Å². The molecule has 14 heteroatoms. The number of alkyl halides is 2. The molecule has 0 spiro atoms. The Labute approximate surface area is 264 Å². The van der Waals surface area contributed by atoms with E-state index in [0.29, 0.717) is 18.2 Å². The van der Waals surface area contributed by atoms with E-state index in [0.717, 1.165) is 23.8 Å². The molecule has 4 N–H and O–H groups in total. The third kappa shape index (κ3) is 5.36. The van der Waals surface area contributed by atoms with Crippen LogP contribution in [-0.4, -0.2) is 46.7 Å². The van der Waals surface area contributed by atoms with Gasteiger partial charge in [0.05, 0.1) is 12.2 Å². The second-order valence-corrected chi connectivity index (χ2v) is 12.1. The first-order valence-electron chi connectivity index (χ1n) is 14.2. The predicted molar refractivity (Wildman–Crippen MR) is 159 cm³/mol. The Morgan fingerprint density at radius 3 is 2.65 bits per heavy atom. The van der Waals surface area contributed by atoms with Crippen LogP contribution >= 0.6 is 11.6 Å². The van der Waals surface area contributed by atoms with E-state index >= 15 is 4.39 Å². The number of primary amides is 1. The van der Waals surface area contributed by atoms with Gasteiger partial charge in [-0.15, -0.1) is 0 Å². The number of aromatic nitrogens is 2. The summed E-state index contributed by atoms with van der Waals surface area (Å²) in [7, 11) is 0. The number of carbonyl (C=O) groups is 2. The van der Waals surface area contributed by atoms with E-state index in [-0.39, 0.29) is 51.7 Å². The number of pyridine rings is 2. The number of fused-ring (bicyclic) bond motifs is 2. The highest BCUT2D eigenvalue weighted by molar-refractivity contribution is 6.31. The van der Waals surface area contributed by atoms with Crippen molar-refractivity contribution in [2.24, 2.45) is 11.7 Å². The molecule has 0 saturated heterocycles. The van der Waals surface area contributed by atoms with Crippen LogP contribution in [0.5, 0.6) is 11.5 Å². The van der Waals surface area contributed by atoms with Crippen molar-refractivity contribution < 1.29 is 41.7 Å². The molecule has 2 atom stereocenters. The Morgan fingerprint density at radius 2 is 1.98 bits per heavy atom. The number of amides is 2. The molecule has 46 heavy (non-hydrogen) atoms. The minimum absolute atomic E-state index is 0.0143. The quantitative estimate of drug-likeness (QED) is 0.164. The minimum Gasteiger partial charge on any atom is -0.489 e. The second-order valence-electron chi connectivity index (χ2n) is 11.8. The molecular formula is C32H27ClF4N4O5. The molecular weight excluding hydrogens is 632 g/mol. The Kier molecular flexibility index (Phi) is 7.80. The summed E-state index contributed by atoms with van der Waals surface area (Å²) in [5.41, 5.74) is 3.12. The molecule has 2 aromatic heterocycles. The molecule has 1 unspecified atom stereocenters. The summed E-state index contributed by atoms with van der Waals surface area (Å²) in [6.07, 6.45) is 2.58. The van der Waals surface area contributed by atoms with E-state index in [4.69, 9.17) is 22.1 Å². The first kappa shape index (κ1) is 31.5. The number of hydrogen-bond donors (Lipinski definition) is 3. The maximum Gasteiger partial charge on any atom is 0.387 e. The van der Waals surface area contributed by atoms with Crippen LogP contribution in [0.2, 0.25) is 5.02 Å². The molecule has 1 fully saturated rings. The van der Waals surface area contributed by atoms with Crippen molar-refractivity contribution in [1.82, 2.24) is 15.3 Å². The Morgan fingerprint density at radius 1 is 1.24 bits per heavy atom. The van der Waals surface area contributed by atoms with Gasteiger partial charge in [-0.3, -0.25) is 14.6 Å². The largest absolute Gasteiger partial charge is 0.489 e. The van der Waals surface area contributed by atoms with Crippen molar-refractivity contribution in [2.45, 2.75) is 44.3 Å². The third-order valence-corrected chi connectivity index (χ3v) is 8.83. The molecule has 1 saturated carbocycles. The van der Waals surface area contributed by atoms with Gasteiger partial charge in [0, 0.05) is 28.3 Å². The van der Waals surface area contributed by atoms with Crippen molar-refractivity contribution in [2.75, 3.05) is 13.2 Å². The summed E-state index contributed by atoms with van der Waals surface area (Å²) in [6, 6.07) is 7.74. The molecule has 0 radical (unpaired) electrons. The maximum atomic E-state index is 15.3. The zero-order valence-corrected chi connectivity index (χ0v) is 25.2. The van der Waals surface area contributed by atoms with Gasteiger partial charge < -0.3 is 25.6 Å². The Balaban J connectivity index is 1.42. The number of aryl methyl sites for hydroxylation is 1. The molecule has 9 nitrogen and oxygen atoms in total.